The van der Waals surface area contributed by atoms with E-state index in [-0.39, 0.29) is 0 Å². The molecule has 0 radical (unpaired) electrons. The molecule has 0 saturated carbocycles. The van der Waals surface area contributed by atoms with Gasteiger partial charge in [0, 0.05) is 11.1 Å². The molecule has 21 heavy (non-hydrogen) atoms. The Morgan fingerprint density at radius 1 is 1.05 bits per heavy atom. The standard InChI is InChI=1S/C17H15IO3/c18-11-5-10-17(16(19)20)12-6-1-3-8-14(12)21-15-9-4-2-7-13(15)17/h1-4,6-9H,5,10-11H2,(H,19,20). The van der Waals surface area contributed by atoms with Crippen molar-refractivity contribution in [3.8, 4) is 11.5 Å². The number of halogens is 1. The molecule has 1 aliphatic heterocycles. The predicted octanol–water partition coefficient (Wildman–Crippen LogP) is 4.38. The van der Waals surface area contributed by atoms with Crippen LogP contribution < -0.4 is 4.74 Å². The van der Waals surface area contributed by atoms with Crippen molar-refractivity contribution in [1.29, 1.82) is 0 Å². The van der Waals surface area contributed by atoms with Gasteiger partial charge in [0.1, 0.15) is 16.9 Å². The van der Waals surface area contributed by atoms with Gasteiger partial charge < -0.3 is 9.84 Å². The second-order valence-electron chi connectivity index (χ2n) is 5.10. The Kier molecular flexibility index (Phi) is 3.89. The van der Waals surface area contributed by atoms with Gasteiger partial charge >= 0.3 is 5.97 Å². The van der Waals surface area contributed by atoms with Gasteiger partial charge in [-0.05, 0) is 29.4 Å². The van der Waals surface area contributed by atoms with Gasteiger partial charge in [-0.2, -0.15) is 0 Å². The second-order valence-corrected chi connectivity index (χ2v) is 6.18. The summed E-state index contributed by atoms with van der Waals surface area (Å²) in [6.07, 6.45) is 1.41. The number of para-hydroxylation sites is 2. The van der Waals surface area contributed by atoms with E-state index in [2.05, 4.69) is 22.6 Å². The first-order chi connectivity index (χ1) is 10.2. The van der Waals surface area contributed by atoms with Crippen molar-refractivity contribution < 1.29 is 14.6 Å². The molecular formula is C17H15IO3. The zero-order chi connectivity index (χ0) is 14.9. The highest BCUT2D eigenvalue weighted by Gasteiger charge is 2.47. The van der Waals surface area contributed by atoms with E-state index in [0.717, 1.165) is 22.0 Å². The van der Waals surface area contributed by atoms with Crippen molar-refractivity contribution in [1.82, 2.24) is 0 Å². The van der Waals surface area contributed by atoms with Gasteiger partial charge in [-0.15, -0.1) is 0 Å². The summed E-state index contributed by atoms with van der Waals surface area (Å²) in [7, 11) is 0. The molecule has 3 rings (SSSR count). The number of hydrogen-bond acceptors (Lipinski definition) is 2. The van der Waals surface area contributed by atoms with Crippen LogP contribution in [0.15, 0.2) is 48.5 Å². The lowest BCUT2D eigenvalue weighted by molar-refractivity contribution is -0.142. The van der Waals surface area contributed by atoms with Crippen LogP contribution in [0, 0.1) is 0 Å². The lowest BCUT2D eigenvalue weighted by atomic mass is 9.69. The summed E-state index contributed by atoms with van der Waals surface area (Å²) in [4.78, 5) is 12.2. The first kappa shape index (κ1) is 14.4. The van der Waals surface area contributed by atoms with Crippen LogP contribution in [0.5, 0.6) is 11.5 Å². The lowest BCUT2D eigenvalue weighted by Gasteiger charge is -2.36. The van der Waals surface area contributed by atoms with Crippen molar-refractivity contribution in [2.75, 3.05) is 4.43 Å². The monoisotopic (exact) mass is 394 g/mol. The van der Waals surface area contributed by atoms with Crippen molar-refractivity contribution in [3.05, 3.63) is 59.7 Å². The number of alkyl halides is 1. The number of carbonyl (C=O) groups is 1. The van der Waals surface area contributed by atoms with Crippen LogP contribution in [0.25, 0.3) is 0 Å². The van der Waals surface area contributed by atoms with Crippen LogP contribution in [0.3, 0.4) is 0 Å². The molecule has 0 saturated heterocycles. The maximum absolute atomic E-state index is 12.2. The SMILES string of the molecule is O=C(O)C1(CCCI)c2ccccc2Oc2ccccc21. The minimum Gasteiger partial charge on any atom is -0.480 e. The molecule has 1 N–H and O–H groups in total. The molecule has 2 aromatic carbocycles. The number of carboxylic acids is 1. The molecule has 0 fully saturated rings. The molecule has 108 valence electrons. The summed E-state index contributed by atoms with van der Waals surface area (Å²) in [6, 6.07) is 14.9. The van der Waals surface area contributed by atoms with E-state index in [4.69, 9.17) is 4.74 Å². The van der Waals surface area contributed by atoms with Gasteiger partial charge in [0.25, 0.3) is 0 Å². The van der Waals surface area contributed by atoms with E-state index in [1.165, 1.54) is 0 Å². The van der Waals surface area contributed by atoms with Crippen LogP contribution >= 0.6 is 22.6 Å². The van der Waals surface area contributed by atoms with Crippen molar-refractivity contribution in [2.24, 2.45) is 0 Å². The molecule has 0 spiro atoms. The Hall–Kier alpha value is -1.56. The Morgan fingerprint density at radius 3 is 2.05 bits per heavy atom. The number of benzene rings is 2. The number of rotatable bonds is 4. The van der Waals surface area contributed by atoms with Crippen molar-refractivity contribution in [3.63, 3.8) is 0 Å². The third kappa shape index (κ3) is 2.21. The topological polar surface area (TPSA) is 46.5 Å². The van der Waals surface area contributed by atoms with Crippen LogP contribution in [-0.2, 0) is 10.2 Å². The highest BCUT2D eigenvalue weighted by Crippen LogP contribution is 2.50. The molecule has 0 aliphatic carbocycles. The van der Waals surface area contributed by atoms with E-state index >= 15 is 0 Å². The zero-order valence-corrected chi connectivity index (χ0v) is 13.5. The number of carboxylic acid groups (broad SMARTS) is 1. The van der Waals surface area contributed by atoms with E-state index in [1.807, 2.05) is 48.5 Å². The molecule has 1 heterocycles. The number of fused-ring (bicyclic) bond motifs is 2. The molecule has 0 aromatic heterocycles. The molecule has 0 unspecified atom stereocenters. The summed E-state index contributed by atoms with van der Waals surface area (Å²) in [5, 5.41) is 10.1. The summed E-state index contributed by atoms with van der Waals surface area (Å²) < 4.78 is 6.83. The smallest absolute Gasteiger partial charge is 0.318 e. The predicted molar refractivity (Wildman–Crippen MR) is 89.5 cm³/mol. The molecule has 4 heteroatoms. The number of hydrogen-bond donors (Lipinski definition) is 1. The fourth-order valence-electron chi connectivity index (χ4n) is 3.02. The molecule has 3 nitrogen and oxygen atoms in total. The van der Waals surface area contributed by atoms with E-state index in [0.29, 0.717) is 17.9 Å². The average molecular weight is 394 g/mol. The Bertz CT molecular complexity index is 636. The highest BCUT2D eigenvalue weighted by molar-refractivity contribution is 14.1. The quantitative estimate of drug-likeness (QED) is 0.619. The molecule has 0 amide bonds. The molecule has 0 bridgehead atoms. The van der Waals surface area contributed by atoms with Crippen LogP contribution in [0.4, 0.5) is 0 Å². The van der Waals surface area contributed by atoms with Crippen LogP contribution in [0.2, 0.25) is 0 Å². The van der Waals surface area contributed by atoms with E-state index in [1.54, 1.807) is 0 Å². The third-order valence-electron chi connectivity index (χ3n) is 3.96. The minimum absolute atomic E-state index is 0.572. The lowest BCUT2D eigenvalue weighted by Crippen LogP contribution is -2.39. The van der Waals surface area contributed by atoms with E-state index in [9.17, 15) is 9.90 Å². The summed E-state index contributed by atoms with van der Waals surface area (Å²) in [5.41, 5.74) is 0.485. The van der Waals surface area contributed by atoms with Crippen LogP contribution in [-0.4, -0.2) is 15.5 Å². The Morgan fingerprint density at radius 2 is 1.57 bits per heavy atom. The maximum atomic E-state index is 12.2. The molecule has 0 atom stereocenters. The normalized spacial score (nSPS) is 14.7. The van der Waals surface area contributed by atoms with Gasteiger partial charge in [0.2, 0.25) is 0 Å². The average Bonchev–Trinajstić information content (AvgIpc) is 2.51. The largest absolute Gasteiger partial charge is 0.480 e. The Labute approximate surface area is 137 Å². The highest BCUT2D eigenvalue weighted by atomic mass is 127. The van der Waals surface area contributed by atoms with Crippen LogP contribution in [0.1, 0.15) is 24.0 Å². The maximum Gasteiger partial charge on any atom is 0.318 e. The summed E-state index contributed by atoms with van der Waals surface area (Å²) in [5.74, 6) is 0.481. The fraction of sp³-hybridized carbons (Fsp3) is 0.235. The number of ether oxygens (including phenoxy) is 1. The second kappa shape index (κ2) is 5.67. The first-order valence-corrected chi connectivity index (χ1v) is 8.39. The zero-order valence-electron chi connectivity index (χ0n) is 11.4. The van der Waals surface area contributed by atoms with Gasteiger partial charge in [0.15, 0.2) is 0 Å². The van der Waals surface area contributed by atoms with Gasteiger partial charge in [-0.25, -0.2) is 0 Å². The Balaban J connectivity index is 2.28. The summed E-state index contributed by atoms with van der Waals surface area (Å²) >= 11 is 2.29. The summed E-state index contributed by atoms with van der Waals surface area (Å²) in [6.45, 7) is 0. The minimum atomic E-state index is -1.02. The van der Waals surface area contributed by atoms with E-state index < -0.39 is 11.4 Å². The number of aliphatic carboxylic acids is 1. The third-order valence-corrected chi connectivity index (χ3v) is 4.73. The fourth-order valence-corrected chi connectivity index (χ4v) is 3.40. The van der Waals surface area contributed by atoms with Crippen molar-refractivity contribution in [2.45, 2.75) is 18.3 Å². The first-order valence-electron chi connectivity index (χ1n) is 6.86. The van der Waals surface area contributed by atoms with Gasteiger partial charge in [0.05, 0.1) is 0 Å². The molecule has 1 aliphatic rings. The van der Waals surface area contributed by atoms with Crippen molar-refractivity contribution >= 4 is 28.6 Å². The molecular weight excluding hydrogens is 379 g/mol. The molecule has 2 aromatic rings. The van der Waals surface area contributed by atoms with Gasteiger partial charge in [-0.3, -0.25) is 4.79 Å². The van der Waals surface area contributed by atoms with Gasteiger partial charge in [-0.1, -0.05) is 59.0 Å².